The highest BCUT2D eigenvalue weighted by Gasteiger charge is 2.08. The molecule has 1 aromatic rings. The summed E-state index contributed by atoms with van der Waals surface area (Å²) in [5, 5.41) is 0.856. The van der Waals surface area contributed by atoms with Crippen LogP contribution in [0.4, 0.5) is 5.69 Å². The SMILES string of the molecule is Cc1cc(Cl)c(C(C)C)cc1[NH3+].[Cl-]. The molecule has 1 nitrogen and oxygen atoms in total. The molecule has 1 rings (SSSR count). The molecule has 1 aromatic carbocycles. The van der Waals surface area contributed by atoms with Gasteiger partial charge in [0, 0.05) is 16.7 Å². The van der Waals surface area contributed by atoms with Crippen LogP contribution in [0.2, 0.25) is 5.02 Å². The maximum Gasteiger partial charge on any atom is 0.131 e. The number of aryl methyl sites for hydroxylation is 1. The molecule has 0 aromatic heterocycles. The topological polar surface area (TPSA) is 27.6 Å². The van der Waals surface area contributed by atoms with Crippen molar-refractivity contribution in [2.24, 2.45) is 0 Å². The van der Waals surface area contributed by atoms with Crippen molar-refractivity contribution >= 4 is 17.3 Å². The van der Waals surface area contributed by atoms with Crippen LogP contribution in [0.1, 0.15) is 30.9 Å². The maximum absolute atomic E-state index is 6.07. The van der Waals surface area contributed by atoms with Gasteiger partial charge < -0.3 is 18.1 Å². The molecule has 0 aliphatic heterocycles. The van der Waals surface area contributed by atoms with Gasteiger partial charge in [-0.15, -0.1) is 0 Å². The summed E-state index contributed by atoms with van der Waals surface area (Å²) in [5.41, 5.74) is 7.36. The van der Waals surface area contributed by atoms with Gasteiger partial charge >= 0.3 is 0 Å². The van der Waals surface area contributed by atoms with Crippen LogP contribution < -0.4 is 18.1 Å². The highest BCUT2D eigenvalue weighted by molar-refractivity contribution is 6.31. The van der Waals surface area contributed by atoms with E-state index in [1.54, 1.807) is 0 Å². The fourth-order valence-electron chi connectivity index (χ4n) is 1.18. The van der Waals surface area contributed by atoms with Gasteiger partial charge in [0.1, 0.15) is 5.69 Å². The Morgan fingerprint density at radius 2 is 1.85 bits per heavy atom. The summed E-state index contributed by atoms with van der Waals surface area (Å²) in [4.78, 5) is 0. The van der Waals surface area contributed by atoms with E-state index in [4.69, 9.17) is 11.6 Å². The first-order chi connectivity index (χ1) is 5.52. The van der Waals surface area contributed by atoms with Crippen molar-refractivity contribution in [1.29, 1.82) is 0 Å². The van der Waals surface area contributed by atoms with E-state index in [0.717, 1.165) is 16.3 Å². The lowest BCUT2D eigenvalue weighted by molar-refractivity contribution is -0.255. The third kappa shape index (κ3) is 2.87. The molecule has 0 unspecified atom stereocenters. The summed E-state index contributed by atoms with van der Waals surface area (Å²) >= 11 is 6.07. The minimum Gasteiger partial charge on any atom is -1.00 e. The summed E-state index contributed by atoms with van der Waals surface area (Å²) in [6, 6.07) is 4.06. The molecule has 0 heterocycles. The van der Waals surface area contributed by atoms with E-state index in [9.17, 15) is 0 Å². The van der Waals surface area contributed by atoms with Crippen LogP contribution in [-0.2, 0) is 0 Å². The molecule has 3 heteroatoms. The minimum absolute atomic E-state index is 0. The minimum atomic E-state index is 0. The maximum atomic E-state index is 6.07. The molecule has 0 fully saturated rings. The lowest BCUT2D eigenvalue weighted by Gasteiger charge is -2.08. The summed E-state index contributed by atoms with van der Waals surface area (Å²) in [6.07, 6.45) is 0. The third-order valence-corrected chi connectivity index (χ3v) is 2.40. The van der Waals surface area contributed by atoms with Gasteiger partial charge in [0.25, 0.3) is 0 Å². The number of hydrogen-bond acceptors (Lipinski definition) is 0. The highest BCUT2D eigenvalue weighted by atomic mass is 35.5. The van der Waals surface area contributed by atoms with Gasteiger partial charge in [-0.25, -0.2) is 0 Å². The summed E-state index contributed by atoms with van der Waals surface area (Å²) in [7, 11) is 0. The highest BCUT2D eigenvalue weighted by Crippen LogP contribution is 2.27. The number of quaternary nitrogens is 1. The predicted molar refractivity (Wildman–Crippen MR) is 52.8 cm³/mol. The lowest BCUT2D eigenvalue weighted by atomic mass is 10.0. The van der Waals surface area contributed by atoms with Crippen LogP contribution in [0.15, 0.2) is 12.1 Å². The first kappa shape index (κ1) is 12.8. The van der Waals surface area contributed by atoms with Crippen LogP contribution in [0.25, 0.3) is 0 Å². The first-order valence-corrected chi connectivity index (χ1v) is 4.52. The number of hydrogen-bond donors (Lipinski definition) is 1. The molecule has 0 atom stereocenters. The van der Waals surface area contributed by atoms with Gasteiger partial charge in [-0.1, -0.05) is 25.4 Å². The van der Waals surface area contributed by atoms with E-state index in [1.807, 2.05) is 13.0 Å². The molecule has 3 N–H and O–H groups in total. The van der Waals surface area contributed by atoms with Crippen LogP contribution in [0, 0.1) is 6.92 Å². The number of halogens is 2. The second-order valence-electron chi connectivity index (χ2n) is 3.45. The molecule has 74 valence electrons. The fraction of sp³-hybridized carbons (Fsp3) is 0.400. The van der Waals surface area contributed by atoms with Gasteiger partial charge in [-0.05, 0) is 24.5 Å². The molecule has 0 spiro atoms. The van der Waals surface area contributed by atoms with E-state index < -0.39 is 0 Å². The van der Waals surface area contributed by atoms with Crippen molar-refractivity contribution < 1.29 is 18.1 Å². The van der Waals surface area contributed by atoms with Gasteiger partial charge in [0.2, 0.25) is 0 Å². The Morgan fingerprint density at radius 1 is 1.31 bits per heavy atom. The van der Waals surface area contributed by atoms with Crippen molar-refractivity contribution in [3.8, 4) is 0 Å². The molecule has 0 radical (unpaired) electrons. The number of rotatable bonds is 1. The Kier molecular flexibility index (Phi) is 4.76. The zero-order valence-corrected chi connectivity index (χ0v) is 9.71. The van der Waals surface area contributed by atoms with Crippen LogP contribution in [0.5, 0.6) is 0 Å². The average Bonchev–Trinajstić information content (AvgIpc) is 1.96. The van der Waals surface area contributed by atoms with E-state index in [-0.39, 0.29) is 12.4 Å². The molecular weight excluding hydrogens is 205 g/mol. The molecule has 0 saturated heterocycles. The largest absolute Gasteiger partial charge is 1.00 e. The summed E-state index contributed by atoms with van der Waals surface area (Å²) in [6.45, 7) is 6.30. The quantitative estimate of drug-likeness (QED) is 0.670. The smallest absolute Gasteiger partial charge is 0.131 e. The average molecular weight is 220 g/mol. The first-order valence-electron chi connectivity index (χ1n) is 4.14. The van der Waals surface area contributed by atoms with Crippen LogP contribution in [-0.4, -0.2) is 0 Å². The Labute approximate surface area is 90.7 Å². The monoisotopic (exact) mass is 219 g/mol. The van der Waals surface area contributed by atoms with Gasteiger partial charge in [0.15, 0.2) is 0 Å². The normalized spacial score (nSPS) is 10.0. The van der Waals surface area contributed by atoms with Crippen LogP contribution in [0.3, 0.4) is 0 Å². The molecule has 0 aliphatic rings. The van der Waals surface area contributed by atoms with Crippen molar-refractivity contribution in [3.05, 3.63) is 28.3 Å². The predicted octanol–water partition coefficient (Wildman–Crippen LogP) is -0.351. The lowest BCUT2D eigenvalue weighted by Crippen LogP contribution is -3.00. The Bertz CT molecular complexity index is 295. The summed E-state index contributed by atoms with van der Waals surface area (Å²) < 4.78 is 0. The standard InChI is InChI=1S/C10H14ClN.ClH/c1-6(2)8-5-10(12)7(3)4-9(8)11;/h4-6H,12H2,1-3H3;1H. The second kappa shape index (κ2) is 4.85. The zero-order valence-electron chi connectivity index (χ0n) is 8.20. The second-order valence-corrected chi connectivity index (χ2v) is 3.86. The Balaban J connectivity index is 0.00000144. The number of benzene rings is 1. The van der Waals surface area contributed by atoms with E-state index in [2.05, 4.69) is 25.6 Å². The van der Waals surface area contributed by atoms with Crippen molar-refractivity contribution in [3.63, 3.8) is 0 Å². The molecule has 0 aliphatic carbocycles. The molecule has 13 heavy (non-hydrogen) atoms. The van der Waals surface area contributed by atoms with Crippen molar-refractivity contribution in [1.82, 2.24) is 0 Å². The molecule has 0 bridgehead atoms. The zero-order chi connectivity index (χ0) is 9.30. The van der Waals surface area contributed by atoms with Gasteiger partial charge in [-0.3, -0.25) is 0 Å². The molecule has 0 amide bonds. The van der Waals surface area contributed by atoms with Crippen molar-refractivity contribution in [2.75, 3.05) is 0 Å². The fourth-order valence-corrected chi connectivity index (χ4v) is 1.62. The van der Waals surface area contributed by atoms with Crippen LogP contribution >= 0.6 is 11.6 Å². The third-order valence-electron chi connectivity index (χ3n) is 2.08. The Hall–Kier alpha value is -0.240. The molecule has 0 saturated carbocycles. The van der Waals surface area contributed by atoms with Gasteiger partial charge in [-0.2, -0.15) is 0 Å². The van der Waals surface area contributed by atoms with Gasteiger partial charge in [0.05, 0.1) is 0 Å². The summed E-state index contributed by atoms with van der Waals surface area (Å²) in [5.74, 6) is 0.471. The van der Waals surface area contributed by atoms with E-state index >= 15 is 0 Å². The van der Waals surface area contributed by atoms with E-state index in [1.165, 1.54) is 5.56 Å². The molecular formula is C10H15Cl2N. The van der Waals surface area contributed by atoms with Crippen molar-refractivity contribution in [2.45, 2.75) is 26.7 Å². The van der Waals surface area contributed by atoms with E-state index in [0.29, 0.717) is 5.92 Å². The Morgan fingerprint density at radius 3 is 2.31 bits per heavy atom.